The Labute approximate surface area is 256 Å². The molecule has 0 radical (unpaired) electrons. The Kier molecular flexibility index (Phi) is 39.9. The molecule has 0 spiro atoms. The third-order valence-corrected chi connectivity index (χ3v) is 8.16. The molecule has 0 saturated carbocycles. The molecule has 0 aliphatic carbocycles. The average Bonchev–Trinajstić information content (AvgIpc) is 2.93. The molecule has 1 N–H and O–H groups in total. The zero-order valence-electron chi connectivity index (χ0n) is 27.3. The van der Waals surface area contributed by atoms with Crippen molar-refractivity contribution < 1.29 is 14.7 Å². The van der Waals surface area contributed by atoms with Gasteiger partial charge in [0.1, 0.15) is 0 Å². The minimum Gasteiger partial charge on any atom is -0.481 e. The maximum Gasteiger partial charge on any atom is 0.303 e. The summed E-state index contributed by atoms with van der Waals surface area (Å²) in [5.74, 6) is -0.653. The molecular weight excluding hydrogens is 516 g/mol. The van der Waals surface area contributed by atoms with E-state index in [9.17, 15) is 9.59 Å². The summed E-state index contributed by atoms with van der Waals surface area (Å²) in [5, 5.41) is 8.34. The topological polar surface area (TPSA) is 54.4 Å². The molecule has 0 fully saturated rings. The van der Waals surface area contributed by atoms with Crippen molar-refractivity contribution in [1.29, 1.82) is 0 Å². The van der Waals surface area contributed by atoms with Gasteiger partial charge in [-0.3, -0.25) is 9.59 Å². The molecule has 0 bridgehead atoms. The van der Waals surface area contributed by atoms with Crippen molar-refractivity contribution in [2.75, 3.05) is 0 Å². The fourth-order valence-corrected chi connectivity index (χ4v) is 5.42. The number of carboxylic acids is 1. The second-order valence-electron chi connectivity index (χ2n) is 12.1. The highest BCUT2D eigenvalue weighted by Crippen LogP contribution is 2.15. The Morgan fingerprint density at radius 3 is 0.775 bits per heavy atom. The first-order valence-corrected chi connectivity index (χ1v) is 18.3. The predicted molar refractivity (Wildman–Crippen MR) is 178 cm³/mol. The molecule has 0 aliphatic rings. The van der Waals surface area contributed by atoms with Gasteiger partial charge in [-0.25, -0.2) is 0 Å². The Morgan fingerprint density at radius 1 is 0.375 bits per heavy atom. The molecule has 3 nitrogen and oxygen atoms in total. The van der Waals surface area contributed by atoms with Gasteiger partial charge in [-0.1, -0.05) is 194 Å². The minimum absolute atomic E-state index is 0.181. The number of unbranched alkanes of at least 4 members (excludes halogenated alkanes) is 28. The lowest BCUT2D eigenvalue weighted by Gasteiger charge is -2.03. The first-order chi connectivity index (χ1) is 19.5. The van der Waals surface area contributed by atoms with E-state index in [1.807, 2.05) is 0 Å². The van der Waals surface area contributed by atoms with Crippen molar-refractivity contribution in [2.24, 2.45) is 0 Å². The number of rotatable bonds is 32. The fourth-order valence-electron chi connectivity index (χ4n) is 5.28. The van der Waals surface area contributed by atoms with Crippen LogP contribution in [0.15, 0.2) is 0 Å². The minimum atomic E-state index is -0.653. The monoisotopic (exact) mass is 587 g/mol. The largest absolute Gasteiger partial charge is 0.481 e. The van der Waals surface area contributed by atoms with Gasteiger partial charge in [0, 0.05) is 12.8 Å². The van der Waals surface area contributed by atoms with Crippen LogP contribution < -0.4 is 0 Å². The molecule has 0 rings (SSSR count). The van der Waals surface area contributed by atoms with Gasteiger partial charge in [-0.2, -0.15) is 0 Å². The summed E-state index contributed by atoms with van der Waals surface area (Å²) in [5.41, 5.74) is 0. The number of halogens is 1. The molecule has 40 heavy (non-hydrogen) atoms. The highest BCUT2D eigenvalue weighted by molar-refractivity contribution is 6.63. The molecule has 0 aliphatic heterocycles. The van der Waals surface area contributed by atoms with E-state index in [0.717, 1.165) is 25.7 Å². The van der Waals surface area contributed by atoms with Gasteiger partial charge in [0.15, 0.2) is 0 Å². The molecule has 0 unspecified atom stereocenters. The zero-order chi connectivity index (χ0) is 29.8. The van der Waals surface area contributed by atoms with E-state index in [0.29, 0.717) is 12.8 Å². The van der Waals surface area contributed by atoms with E-state index in [1.165, 1.54) is 167 Å². The highest BCUT2D eigenvalue weighted by atomic mass is 35.5. The zero-order valence-corrected chi connectivity index (χ0v) is 28.0. The van der Waals surface area contributed by atoms with Crippen molar-refractivity contribution in [3.63, 3.8) is 0 Å². The van der Waals surface area contributed by atoms with Crippen LogP contribution in [0.25, 0.3) is 0 Å². The SMILES string of the molecule is CCCCCCCCCCCCCCCCCC(=O)Cl.CCCCCCCCCCCCCCCCCC(=O)O. The van der Waals surface area contributed by atoms with Gasteiger partial charge in [-0.05, 0) is 24.4 Å². The van der Waals surface area contributed by atoms with Gasteiger partial charge in [-0.15, -0.1) is 0 Å². The Balaban J connectivity index is 0. The van der Waals surface area contributed by atoms with Crippen molar-refractivity contribution >= 4 is 22.8 Å². The van der Waals surface area contributed by atoms with Crippen LogP contribution in [0.1, 0.15) is 219 Å². The van der Waals surface area contributed by atoms with Gasteiger partial charge in [0.25, 0.3) is 0 Å². The molecule has 0 aromatic rings. The summed E-state index contributed by atoms with van der Waals surface area (Å²) in [4.78, 5) is 20.9. The summed E-state index contributed by atoms with van der Waals surface area (Å²) in [7, 11) is 0. The maximum absolute atomic E-state index is 10.5. The Hall–Kier alpha value is -0.570. The van der Waals surface area contributed by atoms with Crippen LogP contribution in [0, 0.1) is 0 Å². The van der Waals surface area contributed by atoms with Crippen LogP contribution in [0.4, 0.5) is 0 Å². The second-order valence-corrected chi connectivity index (χ2v) is 12.6. The second kappa shape index (κ2) is 38.4. The van der Waals surface area contributed by atoms with E-state index in [1.54, 1.807) is 0 Å². The van der Waals surface area contributed by atoms with E-state index in [-0.39, 0.29) is 5.24 Å². The van der Waals surface area contributed by atoms with Crippen molar-refractivity contribution in [1.82, 2.24) is 0 Å². The molecule has 0 aromatic heterocycles. The van der Waals surface area contributed by atoms with Crippen LogP contribution in [-0.2, 0) is 9.59 Å². The van der Waals surface area contributed by atoms with Crippen molar-refractivity contribution in [3.05, 3.63) is 0 Å². The van der Waals surface area contributed by atoms with Gasteiger partial charge >= 0.3 is 5.97 Å². The molecular formula is C36H71ClO3. The Bertz CT molecular complexity index is 450. The lowest BCUT2D eigenvalue weighted by molar-refractivity contribution is -0.137. The summed E-state index contributed by atoms with van der Waals surface area (Å²) in [6.45, 7) is 4.55. The van der Waals surface area contributed by atoms with E-state index in [4.69, 9.17) is 16.7 Å². The normalized spacial score (nSPS) is 10.9. The van der Waals surface area contributed by atoms with E-state index in [2.05, 4.69) is 13.8 Å². The molecule has 4 heteroatoms. The van der Waals surface area contributed by atoms with Crippen LogP contribution >= 0.6 is 11.6 Å². The Morgan fingerprint density at radius 2 is 0.575 bits per heavy atom. The molecule has 0 atom stereocenters. The number of carbonyl (C=O) groups is 2. The number of hydrogen-bond acceptors (Lipinski definition) is 2. The number of carboxylic acid groups (broad SMARTS) is 1. The smallest absolute Gasteiger partial charge is 0.303 e. The third-order valence-electron chi connectivity index (χ3n) is 7.97. The highest BCUT2D eigenvalue weighted by Gasteiger charge is 1.98. The predicted octanol–water partition coefficient (Wildman–Crippen LogP) is 13.3. The van der Waals surface area contributed by atoms with Crippen LogP contribution in [0.2, 0.25) is 0 Å². The lowest BCUT2D eigenvalue weighted by Crippen LogP contribution is -1.93. The van der Waals surface area contributed by atoms with Gasteiger partial charge < -0.3 is 5.11 Å². The van der Waals surface area contributed by atoms with Crippen LogP contribution in [0.5, 0.6) is 0 Å². The molecule has 0 aromatic carbocycles. The van der Waals surface area contributed by atoms with Crippen LogP contribution in [-0.4, -0.2) is 16.3 Å². The van der Waals surface area contributed by atoms with Crippen molar-refractivity contribution in [3.8, 4) is 0 Å². The maximum atomic E-state index is 10.5. The summed E-state index contributed by atoms with van der Waals surface area (Å²) >= 11 is 5.30. The first kappa shape index (κ1) is 41.6. The fraction of sp³-hybridized carbons (Fsp3) is 0.944. The van der Waals surface area contributed by atoms with Crippen LogP contribution in [0.3, 0.4) is 0 Å². The van der Waals surface area contributed by atoms with Gasteiger partial charge in [0.05, 0.1) is 0 Å². The van der Waals surface area contributed by atoms with Gasteiger partial charge in [0.2, 0.25) is 5.24 Å². The van der Waals surface area contributed by atoms with E-state index >= 15 is 0 Å². The van der Waals surface area contributed by atoms with Crippen molar-refractivity contribution in [2.45, 2.75) is 219 Å². The summed E-state index contributed by atoms with van der Waals surface area (Å²) in [6.07, 6.45) is 41.0. The number of carbonyl (C=O) groups excluding carboxylic acids is 1. The average molecular weight is 587 g/mol. The first-order valence-electron chi connectivity index (χ1n) is 17.9. The summed E-state index contributed by atoms with van der Waals surface area (Å²) in [6, 6.07) is 0. The van der Waals surface area contributed by atoms with E-state index < -0.39 is 5.97 Å². The quantitative estimate of drug-likeness (QED) is 0.0629. The standard InChI is InChI=1S/C18H35ClO.C18H36O2/c2*1-2-3-4-5-6-7-8-9-10-11-12-13-14-15-16-17-18(19)20/h2-17H2,1H3;2-17H2,1H3,(H,19,20). The lowest BCUT2D eigenvalue weighted by atomic mass is 10.0. The molecule has 0 heterocycles. The summed E-state index contributed by atoms with van der Waals surface area (Å²) < 4.78 is 0. The number of aliphatic carboxylic acids is 1. The number of hydrogen-bond donors (Lipinski definition) is 1. The third kappa shape index (κ3) is 44.4. The molecule has 0 saturated heterocycles. The molecule has 240 valence electrons. The molecule has 0 amide bonds.